The summed E-state index contributed by atoms with van der Waals surface area (Å²) in [6.45, 7) is 2.99. The number of carbonyl (C=O) groups is 3. The number of ether oxygens (including phenoxy) is 1. The van der Waals surface area contributed by atoms with Crippen LogP contribution in [0.4, 0.5) is 16.2 Å². The van der Waals surface area contributed by atoms with Crippen molar-refractivity contribution >= 4 is 29.3 Å². The molecule has 3 amide bonds. The van der Waals surface area contributed by atoms with Crippen LogP contribution in [0.3, 0.4) is 0 Å². The van der Waals surface area contributed by atoms with Crippen molar-refractivity contribution in [1.82, 2.24) is 5.32 Å². The Morgan fingerprint density at radius 1 is 1.00 bits per heavy atom. The van der Waals surface area contributed by atoms with Gasteiger partial charge in [-0.3, -0.25) is 4.79 Å². The van der Waals surface area contributed by atoms with Gasteiger partial charge < -0.3 is 20.7 Å². The van der Waals surface area contributed by atoms with Crippen molar-refractivity contribution in [3.05, 3.63) is 60.2 Å². The Morgan fingerprint density at radius 3 is 2.34 bits per heavy atom. The van der Waals surface area contributed by atoms with Crippen molar-refractivity contribution in [2.45, 2.75) is 19.9 Å². The summed E-state index contributed by atoms with van der Waals surface area (Å²) in [7, 11) is 0. The Morgan fingerprint density at radius 2 is 1.69 bits per heavy atom. The molecule has 8 nitrogen and oxygen atoms in total. The molecule has 29 heavy (non-hydrogen) atoms. The van der Waals surface area contributed by atoms with Crippen molar-refractivity contribution in [2.75, 3.05) is 17.2 Å². The standard InChI is InChI=1S/C21H22N4O4/c1-14(2)19(25-21(28)24-16-8-4-3-5-9-16)20(27)29-13-18(26)23-17-10-6-7-15(11-17)12-22/h3-11,14,19H,13H2,1-2H3,(H,23,26)(H2,24,25,28)/t19-/m0/s1. The fourth-order valence-corrected chi connectivity index (χ4v) is 2.42. The minimum atomic E-state index is -0.923. The number of esters is 1. The van der Waals surface area contributed by atoms with E-state index in [0.717, 1.165) is 0 Å². The molecule has 2 aromatic rings. The molecule has 0 aliphatic heterocycles. The molecule has 0 saturated carbocycles. The van der Waals surface area contributed by atoms with Crippen LogP contribution >= 0.6 is 0 Å². The topological polar surface area (TPSA) is 120 Å². The zero-order chi connectivity index (χ0) is 21.2. The van der Waals surface area contributed by atoms with E-state index in [1.165, 1.54) is 6.07 Å². The first-order chi connectivity index (χ1) is 13.9. The highest BCUT2D eigenvalue weighted by Crippen LogP contribution is 2.10. The molecule has 0 bridgehead atoms. The number of nitrogens with zero attached hydrogens (tertiary/aromatic N) is 1. The van der Waals surface area contributed by atoms with Crippen LogP contribution in [0.15, 0.2) is 54.6 Å². The molecule has 3 N–H and O–H groups in total. The van der Waals surface area contributed by atoms with Gasteiger partial charge in [-0.05, 0) is 36.2 Å². The fraction of sp³-hybridized carbons (Fsp3) is 0.238. The molecule has 0 unspecified atom stereocenters. The van der Waals surface area contributed by atoms with E-state index in [1.807, 2.05) is 12.1 Å². The molecule has 0 spiro atoms. The molecule has 0 aliphatic rings. The maximum Gasteiger partial charge on any atom is 0.329 e. The summed E-state index contributed by atoms with van der Waals surface area (Å²) in [6, 6.07) is 15.7. The van der Waals surface area contributed by atoms with Crippen LogP contribution in [0.5, 0.6) is 0 Å². The van der Waals surface area contributed by atoms with E-state index in [1.54, 1.807) is 56.3 Å². The number of nitriles is 1. The lowest BCUT2D eigenvalue weighted by molar-refractivity contribution is -0.150. The number of anilines is 2. The number of hydrogen-bond acceptors (Lipinski definition) is 5. The predicted molar refractivity (Wildman–Crippen MR) is 108 cm³/mol. The first-order valence-corrected chi connectivity index (χ1v) is 8.98. The van der Waals surface area contributed by atoms with Gasteiger partial charge in [0.05, 0.1) is 11.6 Å². The summed E-state index contributed by atoms with van der Waals surface area (Å²) >= 11 is 0. The van der Waals surface area contributed by atoms with Crippen LogP contribution < -0.4 is 16.0 Å². The van der Waals surface area contributed by atoms with Crippen molar-refractivity contribution < 1.29 is 19.1 Å². The molecule has 0 heterocycles. The van der Waals surface area contributed by atoms with Crippen molar-refractivity contribution in [2.24, 2.45) is 5.92 Å². The van der Waals surface area contributed by atoms with Gasteiger partial charge in [-0.1, -0.05) is 38.1 Å². The van der Waals surface area contributed by atoms with Gasteiger partial charge in [-0.25, -0.2) is 9.59 Å². The molecule has 0 fully saturated rings. The van der Waals surface area contributed by atoms with E-state index >= 15 is 0 Å². The number of benzene rings is 2. The lowest BCUT2D eigenvalue weighted by Crippen LogP contribution is -2.47. The van der Waals surface area contributed by atoms with E-state index in [4.69, 9.17) is 10.00 Å². The van der Waals surface area contributed by atoms with Gasteiger partial charge in [0.2, 0.25) is 0 Å². The molecule has 150 valence electrons. The van der Waals surface area contributed by atoms with Crippen LogP contribution in [0.2, 0.25) is 0 Å². The Balaban J connectivity index is 1.87. The van der Waals surface area contributed by atoms with E-state index in [2.05, 4.69) is 16.0 Å². The molecular formula is C21H22N4O4. The highest BCUT2D eigenvalue weighted by atomic mass is 16.5. The average molecular weight is 394 g/mol. The normalized spacial score (nSPS) is 11.1. The average Bonchev–Trinajstić information content (AvgIpc) is 2.71. The fourth-order valence-electron chi connectivity index (χ4n) is 2.42. The molecule has 0 radical (unpaired) electrons. The first kappa shape index (κ1) is 21.4. The summed E-state index contributed by atoms with van der Waals surface area (Å²) in [5, 5.41) is 16.6. The number of nitrogens with one attached hydrogen (secondary N) is 3. The number of amides is 3. The second-order valence-electron chi connectivity index (χ2n) is 6.53. The second kappa shape index (κ2) is 10.5. The third-order valence-corrected chi connectivity index (χ3v) is 3.86. The van der Waals surface area contributed by atoms with Gasteiger partial charge in [0.15, 0.2) is 6.61 Å². The Kier molecular flexibility index (Phi) is 7.74. The maximum atomic E-state index is 12.3. The van der Waals surface area contributed by atoms with Crippen LogP contribution in [-0.4, -0.2) is 30.6 Å². The quantitative estimate of drug-likeness (QED) is 0.624. The molecule has 2 aromatic carbocycles. The maximum absolute atomic E-state index is 12.3. The highest BCUT2D eigenvalue weighted by Gasteiger charge is 2.26. The van der Waals surface area contributed by atoms with Crippen molar-refractivity contribution in [3.8, 4) is 6.07 Å². The summed E-state index contributed by atoms with van der Waals surface area (Å²) in [5.74, 6) is -1.52. The minimum Gasteiger partial charge on any atom is -0.454 e. The largest absolute Gasteiger partial charge is 0.454 e. The SMILES string of the molecule is CC(C)[C@H](NC(=O)Nc1ccccc1)C(=O)OCC(=O)Nc1cccc(C#N)c1. The van der Waals surface area contributed by atoms with E-state index in [9.17, 15) is 14.4 Å². The zero-order valence-electron chi connectivity index (χ0n) is 16.1. The predicted octanol–water partition coefficient (Wildman–Crippen LogP) is 2.89. The summed E-state index contributed by atoms with van der Waals surface area (Å²) < 4.78 is 5.05. The van der Waals surface area contributed by atoms with Crippen molar-refractivity contribution in [1.29, 1.82) is 5.26 Å². The summed E-state index contributed by atoms with van der Waals surface area (Å²) in [5.41, 5.74) is 1.40. The lowest BCUT2D eigenvalue weighted by Gasteiger charge is -2.21. The van der Waals surface area contributed by atoms with Gasteiger partial charge >= 0.3 is 12.0 Å². The Hall–Kier alpha value is -3.86. The molecule has 0 saturated heterocycles. The third kappa shape index (κ3) is 6.99. The molecule has 1 atom stereocenters. The third-order valence-electron chi connectivity index (χ3n) is 3.86. The smallest absolute Gasteiger partial charge is 0.329 e. The number of hydrogen-bond donors (Lipinski definition) is 3. The first-order valence-electron chi connectivity index (χ1n) is 8.98. The van der Waals surface area contributed by atoms with E-state index in [-0.39, 0.29) is 5.92 Å². The highest BCUT2D eigenvalue weighted by molar-refractivity contribution is 5.95. The number of rotatable bonds is 7. The second-order valence-corrected chi connectivity index (χ2v) is 6.53. The van der Waals surface area contributed by atoms with Crippen LogP contribution in [-0.2, 0) is 14.3 Å². The number of carbonyl (C=O) groups excluding carboxylic acids is 3. The van der Waals surface area contributed by atoms with Crippen LogP contribution in [0.25, 0.3) is 0 Å². The zero-order valence-corrected chi connectivity index (χ0v) is 16.1. The molecular weight excluding hydrogens is 372 g/mol. The van der Waals surface area contributed by atoms with E-state index in [0.29, 0.717) is 16.9 Å². The van der Waals surface area contributed by atoms with Gasteiger partial charge in [0, 0.05) is 11.4 Å². The molecule has 8 heteroatoms. The summed E-state index contributed by atoms with van der Waals surface area (Å²) in [4.78, 5) is 36.5. The monoisotopic (exact) mass is 394 g/mol. The van der Waals surface area contributed by atoms with Gasteiger partial charge in [0.1, 0.15) is 6.04 Å². The molecule has 0 aromatic heterocycles. The van der Waals surface area contributed by atoms with Gasteiger partial charge in [-0.2, -0.15) is 5.26 Å². The Bertz CT molecular complexity index is 906. The number of urea groups is 1. The van der Waals surface area contributed by atoms with Gasteiger partial charge in [0.25, 0.3) is 5.91 Å². The molecule has 2 rings (SSSR count). The molecule has 0 aliphatic carbocycles. The van der Waals surface area contributed by atoms with Crippen LogP contribution in [0.1, 0.15) is 19.4 Å². The minimum absolute atomic E-state index is 0.251. The lowest BCUT2D eigenvalue weighted by atomic mass is 10.1. The van der Waals surface area contributed by atoms with Crippen molar-refractivity contribution in [3.63, 3.8) is 0 Å². The van der Waals surface area contributed by atoms with Crippen LogP contribution in [0, 0.1) is 17.2 Å². The number of para-hydroxylation sites is 1. The van der Waals surface area contributed by atoms with E-state index < -0.39 is 30.6 Å². The summed E-state index contributed by atoms with van der Waals surface area (Å²) in [6.07, 6.45) is 0. The Labute approximate surface area is 168 Å². The van der Waals surface area contributed by atoms with Gasteiger partial charge in [-0.15, -0.1) is 0 Å².